The number of nitrogens with zero attached hydrogens (tertiary/aromatic N) is 1. The van der Waals surface area contributed by atoms with Crippen LogP contribution in [0.25, 0.3) is 0 Å². The molecule has 0 spiro atoms. The molecule has 1 atom stereocenters. The molecule has 5 nitrogen and oxygen atoms in total. The number of H-pyrrole nitrogens is 1. The molecule has 1 fully saturated rings. The van der Waals surface area contributed by atoms with E-state index in [2.05, 4.69) is 33.7 Å². The lowest BCUT2D eigenvalue weighted by Crippen LogP contribution is -2.32. The van der Waals surface area contributed by atoms with Crippen molar-refractivity contribution in [2.45, 2.75) is 50.5 Å². The van der Waals surface area contributed by atoms with E-state index in [0.717, 1.165) is 25.0 Å². The van der Waals surface area contributed by atoms with Gasteiger partial charge in [0.15, 0.2) is 0 Å². The predicted octanol–water partition coefficient (Wildman–Crippen LogP) is 3.50. The van der Waals surface area contributed by atoms with Crippen molar-refractivity contribution in [1.29, 1.82) is 0 Å². The summed E-state index contributed by atoms with van der Waals surface area (Å²) in [4.78, 5) is 12.7. The fourth-order valence-corrected chi connectivity index (χ4v) is 4.11. The van der Waals surface area contributed by atoms with E-state index >= 15 is 0 Å². The van der Waals surface area contributed by atoms with Gasteiger partial charge in [0.25, 0.3) is 5.91 Å². The summed E-state index contributed by atoms with van der Waals surface area (Å²) in [6.07, 6.45) is 8.57. The van der Waals surface area contributed by atoms with Crippen LogP contribution in [0, 0.1) is 0 Å². The zero-order chi connectivity index (χ0) is 17.1. The van der Waals surface area contributed by atoms with Crippen LogP contribution >= 0.6 is 0 Å². The van der Waals surface area contributed by atoms with Gasteiger partial charge in [-0.1, -0.05) is 43.5 Å². The predicted molar refractivity (Wildman–Crippen MR) is 95.6 cm³/mol. The standard InChI is InChI=1S/C20H25N3O2/c24-20(17-12-22-23-19(17)15-7-2-1-3-8-15)21-13-18-16-9-5-4-6-14(16)10-11-25-18/h4-6,9,12,15,18H,1-3,7-8,10-11,13H2,(H,21,24)(H,22,23). The first kappa shape index (κ1) is 16.3. The van der Waals surface area contributed by atoms with Gasteiger partial charge in [0.2, 0.25) is 0 Å². The summed E-state index contributed by atoms with van der Waals surface area (Å²) in [6, 6.07) is 8.32. The third-order valence-corrected chi connectivity index (χ3v) is 5.47. The Morgan fingerprint density at radius 2 is 2.08 bits per heavy atom. The number of benzene rings is 1. The highest BCUT2D eigenvalue weighted by atomic mass is 16.5. The van der Waals surface area contributed by atoms with E-state index in [4.69, 9.17) is 4.74 Å². The van der Waals surface area contributed by atoms with Crippen LogP contribution in [0.4, 0.5) is 0 Å². The zero-order valence-electron chi connectivity index (χ0n) is 14.5. The lowest BCUT2D eigenvalue weighted by atomic mass is 9.85. The fourth-order valence-electron chi connectivity index (χ4n) is 4.11. The van der Waals surface area contributed by atoms with Gasteiger partial charge in [-0.3, -0.25) is 9.89 Å². The molecule has 1 saturated carbocycles. The fraction of sp³-hybridized carbons (Fsp3) is 0.500. The molecule has 2 heterocycles. The Labute approximate surface area is 148 Å². The van der Waals surface area contributed by atoms with Gasteiger partial charge in [-0.25, -0.2) is 0 Å². The highest BCUT2D eigenvalue weighted by molar-refractivity contribution is 5.95. The number of aromatic amines is 1. The summed E-state index contributed by atoms with van der Waals surface area (Å²) in [6.45, 7) is 1.20. The van der Waals surface area contributed by atoms with Crippen LogP contribution in [0.1, 0.15) is 71.3 Å². The van der Waals surface area contributed by atoms with Crippen molar-refractivity contribution in [3.8, 4) is 0 Å². The number of carbonyl (C=O) groups is 1. The molecule has 1 aliphatic carbocycles. The first-order valence-corrected chi connectivity index (χ1v) is 9.34. The molecule has 2 aromatic rings. The third kappa shape index (κ3) is 3.47. The molecule has 0 saturated heterocycles. The molecule has 1 aromatic heterocycles. The van der Waals surface area contributed by atoms with Crippen LogP contribution in [0.15, 0.2) is 30.5 Å². The van der Waals surface area contributed by atoms with Gasteiger partial charge in [-0.2, -0.15) is 5.10 Å². The summed E-state index contributed by atoms with van der Waals surface area (Å²) in [5.74, 6) is 0.379. The molecule has 4 rings (SSSR count). The molecule has 132 valence electrons. The van der Waals surface area contributed by atoms with Crippen molar-refractivity contribution in [2.75, 3.05) is 13.2 Å². The molecule has 1 aromatic carbocycles. The molecule has 2 N–H and O–H groups in total. The van der Waals surface area contributed by atoms with Crippen molar-refractivity contribution in [3.05, 3.63) is 52.8 Å². The molecular weight excluding hydrogens is 314 g/mol. The first-order valence-electron chi connectivity index (χ1n) is 9.34. The summed E-state index contributed by atoms with van der Waals surface area (Å²) < 4.78 is 5.88. The van der Waals surface area contributed by atoms with Gasteiger partial charge in [-0.15, -0.1) is 0 Å². The summed E-state index contributed by atoms with van der Waals surface area (Å²) in [5.41, 5.74) is 4.20. The average Bonchev–Trinajstić information content (AvgIpc) is 3.17. The third-order valence-electron chi connectivity index (χ3n) is 5.47. The van der Waals surface area contributed by atoms with Crippen LogP contribution in [0.3, 0.4) is 0 Å². The largest absolute Gasteiger partial charge is 0.371 e. The number of carbonyl (C=O) groups excluding carboxylic acids is 1. The Morgan fingerprint density at radius 1 is 1.24 bits per heavy atom. The van der Waals surface area contributed by atoms with Crippen molar-refractivity contribution in [1.82, 2.24) is 15.5 Å². The van der Waals surface area contributed by atoms with E-state index in [1.165, 1.54) is 30.4 Å². The number of fused-ring (bicyclic) bond motifs is 1. The van der Waals surface area contributed by atoms with Crippen LogP contribution in [0.2, 0.25) is 0 Å². The minimum absolute atomic E-state index is 0.0546. The molecule has 25 heavy (non-hydrogen) atoms. The van der Waals surface area contributed by atoms with Gasteiger partial charge in [0.05, 0.1) is 24.1 Å². The molecule has 0 bridgehead atoms. The Morgan fingerprint density at radius 3 is 2.96 bits per heavy atom. The van der Waals surface area contributed by atoms with E-state index in [1.54, 1.807) is 6.20 Å². The van der Waals surface area contributed by atoms with Crippen molar-refractivity contribution in [2.24, 2.45) is 0 Å². The summed E-state index contributed by atoms with van der Waals surface area (Å²) in [7, 11) is 0. The number of nitrogens with one attached hydrogen (secondary N) is 2. The van der Waals surface area contributed by atoms with E-state index in [-0.39, 0.29) is 12.0 Å². The Kier molecular flexibility index (Phi) is 4.83. The van der Waals surface area contributed by atoms with Gasteiger partial charge in [0, 0.05) is 12.5 Å². The highest BCUT2D eigenvalue weighted by Crippen LogP contribution is 2.33. The number of aromatic nitrogens is 2. The lowest BCUT2D eigenvalue weighted by molar-refractivity contribution is 0.0411. The van der Waals surface area contributed by atoms with Crippen molar-refractivity contribution >= 4 is 5.91 Å². The number of hydrogen-bond donors (Lipinski definition) is 2. The topological polar surface area (TPSA) is 67.0 Å². The highest BCUT2D eigenvalue weighted by Gasteiger charge is 2.25. The first-order chi connectivity index (χ1) is 12.3. The summed E-state index contributed by atoms with van der Waals surface area (Å²) >= 11 is 0. The molecule has 2 aliphatic rings. The Bertz CT molecular complexity index is 734. The maximum absolute atomic E-state index is 12.7. The van der Waals surface area contributed by atoms with Crippen LogP contribution in [-0.2, 0) is 11.2 Å². The number of hydrogen-bond acceptors (Lipinski definition) is 3. The Hall–Kier alpha value is -2.14. The Balaban J connectivity index is 1.43. The van der Waals surface area contributed by atoms with Crippen molar-refractivity contribution in [3.63, 3.8) is 0 Å². The minimum atomic E-state index is -0.0704. The van der Waals surface area contributed by atoms with Crippen LogP contribution in [-0.4, -0.2) is 29.3 Å². The quantitative estimate of drug-likeness (QED) is 0.896. The monoisotopic (exact) mass is 339 g/mol. The molecular formula is C20H25N3O2. The zero-order valence-corrected chi connectivity index (χ0v) is 14.5. The number of amides is 1. The molecule has 0 radical (unpaired) electrons. The van der Waals surface area contributed by atoms with Crippen molar-refractivity contribution < 1.29 is 9.53 Å². The lowest BCUT2D eigenvalue weighted by Gasteiger charge is -2.26. The summed E-state index contributed by atoms with van der Waals surface area (Å²) in [5, 5.41) is 10.3. The van der Waals surface area contributed by atoms with Crippen LogP contribution in [0.5, 0.6) is 0 Å². The van der Waals surface area contributed by atoms with E-state index in [0.29, 0.717) is 24.6 Å². The second-order valence-electron chi connectivity index (χ2n) is 7.05. The molecule has 5 heteroatoms. The van der Waals surface area contributed by atoms with Gasteiger partial charge < -0.3 is 10.1 Å². The second kappa shape index (κ2) is 7.40. The minimum Gasteiger partial charge on any atom is -0.371 e. The smallest absolute Gasteiger partial charge is 0.254 e. The van der Waals surface area contributed by atoms with Gasteiger partial charge in [-0.05, 0) is 30.4 Å². The molecule has 1 unspecified atom stereocenters. The number of rotatable bonds is 4. The average molecular weight is 339 g/mol. The van der Waals surface area contributed by atoms with Gasteiger partial charge in [0.1, 0.15) is 6.10 Å². The van der Waals surface area contributed by atoms with E-state index in [1.807, 2.05) is 6.07 Å². The maximum Gasteiger partial charge on any atom is 0.254 e. The number of ether oxygens (including phenoxy) is 1. The molecule has 1 aliphatic heterocycles. The second-order valence-corrected chi connectivity index (χ2v) is 7.05. The SMILES string of the molecule is O=C(NCC1OCCc2ccccc21)c1cn[nH]c1C1CCCCC1. The normalized spacial score (nSPS) is 20.9. The van der Waals surface area contributed by atoms with E-state index in [9.17, 15) is 4.79 Å². The van der Waals surface area contributed by atoms with Gasteiger partial charge >= 0.3 is 0 Å². The maximum atomic E-state index is 12.7. The molecule has 1 amide bonds. The van der Waals surface area contributed by atoms with Crippen LogP contribution < -0.4 is 5.32 Å². The van der Waals surface area contributed by atoms with E-state index < -0.39 is 0 Å².